The van der Waals surface area contributed by atoms with Crippen LogP contribution in [0.1, 0.15) is 5.56 Å². The topological polar surface area (TPSA) is 73.9 Å². The first-order chi connectivity index (χ1) is 13.0. The Balaban J connectivity index is 1.63. The van der Waals surface area contributed by atoms with Gasteiger partial charge >= 0.3 is 5.97 Å². The van der Waals surface area contributed by atoms with Gasteiger partial charge in [-0.15, -0.1) is 0 Å². The van der Waals surface area contributed by atoms with Crippen LogP contribution in [0.2, 0.25) is 5.02 Å². The van der Waals surface area contributed by atoms with E-state index in [0.29, 0.717) is 16.3 Å². The zero-order chi connectivity index (χ0) is 19.6. The van der Waals surface area contributed by atoms with Crippen LogP contribution in [0.25, 0.3) is 0 Å². The van der Waals surface area contributed by atoms with Gasteiger partial charge in [-0.3, -0.25) is 9.59 Å². The predicted octanol–water partition coefficient (Wildman–Crippen LogP) is 2.77. The average molecular weight is 396 g/mol. The van der Waals surface area contributed by atoms with Gasteiger partial charge in [-0.2, -0.15) is 0 Å². The smallest absolute Gasteiger partial charge is 0.310 e. The summed E-state index contributed by atoms with van der Waals surface area (Å²) in [6, 6.07) is 11.0. The lowest BCUT2D eigenvalue weighted by molar-refractivity contribution is -0.147. The van der Waals surface area contributed by atoms with E-state index in [1.807, 2.05) is 0 Å². The molecule has 1 N–H and O–H groups in total. The Hall–Kier alpha value is -2.80. The van der Waals surface area contributed by atoms with Crippen molar-refractivity contribution < 1.29 is 28.2 Å². The minimum Gasteiger partial charge on any atom is -0.494 e. The van der Waals surface area contributed by atoms with Crippen LogP contribution in [0, 0.1) is 5.82 Å². The molecular formula is C19H19ClFNO5. The molecule has 0 spiro atoms. The molecule has 0 fully saturated rings. The van der Waals surface area contributed by atoms with Crippen molar-refractivity contribution in [3.05, 3.63) is 58.9 Å². The van der Waals surface area contributed by atoms with Crippen LogP contribution in [-0.4, -0.2) is 38.7 Å². The lowest BCUT2D eigenvalue weighted by atomic mass is 10.1. The molecule has 0 radical (unpaired) electrons. The number of carbonyl (C=O) groups excluding carboxylic acids is 2. The maximum Gasteiger partial charge on any atom is 0.310 e. The van der Waals surface area contributed by atoms with Gasteiger partial charge in [0.2, 0.25) is 0 Å². The Morgan fingerprint density at radius 2 is 1.89 bits per heavy atom. The van der Waals surface area contributed by atoms with Crippen molar-refractivity contribution in [1.29, 1.82) is 0 Å². The maximum atomic E-state index is 13.6. The molecule has 0 aromatic heterocycles. The summed E-state index contributed by atoms with van der Waals surface area (Å²) in [5.74, 6) is -0.934. The van der Waals surface area contributed by atoms with E-state index in [-0.39, 0.29) is 25.3 Å². The second-order valence-corrected chi connectivity index (χ2v) is 5.90. The van der Waals surface area contributed by atoms with E-state index in [1.54, 1.807) is 30.3 Å². The molecule has 0 aliphatic carbocycles. The highest BCUT2D eigenvalue weighted by Gasteiger charge is 2.10. The van der Waals surface area contributed by atoms with Gasteiger partial charge in [-0.05, 0) is 42.0 Å². The number of rotatable bonds is 9. The molecule has 0 aliphatic rings. The third kappa shape index (κ3) is 7.15. The lowest BCUT2D eigenvalue weighted by Crippen LogP contribution is -2.32. The summed E-state index contributed by atoms with van der Waals surface area (Å²) in [7, 11) is 1.35. The zero-order valence-electron chi connectivity index (χ0n) is 14.7. The first kappa shape index (κ1) is 20.5. The average Bonchev–Trinajstić information content (AvgIpc) is 2.65. The number of amides is 1. The summed E-state index contributed by atoms with van der Waals surface area (Å²) in [6.45, 7) is 0.0908. The van der Waals surface area contributed by atoms with Crippen molar-refractivity contribution in [2.75, 3.05) is 26.9 Å². The predicted molar refractivity (Wildman–Crippen MR) is 97.6 cm³/mol. The van der Waals surface area contributed by atoms with E-state index in [2.05, 4.69) is 5.32 Å². The van der Waals surface area contributed by atoms with Gasteiger partial charge < -0.3 is 19.5 Å². The van der Waals surface area contributed by atoms with Crippen LogP contribution in [0.3, 0.4) is 0 Å². The number of carbonyl (C=O) groups is 2. The molecular weight excluding hydrogens is 377 g/mol. The molecule has 27 heavy (non-hydrogen) atoms. The quantitative estimate of drug-likeness (QED) is 0.522. The molecule has 0 aliphatic heterocycles. The molecule has 1 amide bonds. The fourth-order valence-corrected chi connectivity index (χ4v) is 2.25. The highest BCUT2D eigenvalue weighted by molar-refractivity contribution is 6.30. The van der Waals surface area contributed by atoms with Crippen molar-refractivity contribution in [3.8, 4) is 11.5 Å². The van der Waals surface area contributed by atoms with Gasteiger partial charge in [-0.25, -0.2) is 4.39 Å². The number of nitrogens with one attached hydrogen (secondary N) is 1. The van der Waals surface area contributed by atoms with Crippen molar-refractivity contribution >= 4 is 23.5 Å². The largest absolute Gasteiger partial charge is 0.494 e. The first-order valence-corrected chi connectivity index (χ1v) is 8.49. The summed E-state index contributed by atoms with van der Waals surface area (Å²) in [5, 5.41) is 3.17. The molecule has 8 heteroatoms. The second kappa shape index (κ2) is 10.4. The Kier molecular flexibility index (Phi) is 7.88. The van der Waals surface area contributed by atoms with Gasteiger partial charge in [0.25, 0.3) is 5.91 Å². The Labute approximate surface area is 161 Å². The molecule has 6 nitrogen and oxygen atoms in total. The van der Waals surface area contributed by atoms with Crippen molar-refractivity contribution in [2.45, 2.75) is 6.42 Å². The molecule has 0 saturated carbocycles. The Morgan fingerprint density at radius 1 is 1.15 bits per heavy atom. The van der Waals surface area contributed by atoms with Crippen LogP contribution < -0.4 is 14.8 Å². The highest BCUT2D eigenvalue weighted by Crippen LogP contribution is 2.18. The van der Waals surface area contributed by atoms with Crippen LogP contribution in [0.4, 0.5) is 4.39 Å². The number of halogens is 2. The standard InChI is InChI=1S/C19H19ClFNO5/c1-25-17-7-2-13(10-16(17)21)11-19(24)27-12-18(23)22-8-9-26-15-5-3-14(20)4-6-15/h2-7,10H,8-9,11-12H2,1H3,(H,22,23). The minimum atomic E-state index is -0.632. The molecule has 144 valence electrons. The van der Waals surface area contributed by atoms with Gasteiger partial charge in [-0.1, -0.05) is 17.7 Å². The monoisotopic (exact) mass is 395 g/mol. The third-order valence-corrected chi connectivity index (χ3v) is 3.69. The van der Waals surface area contributed by atoms with Gasteiger partial charge in [0.15, 0.2) is 18.2 Å². The molecule has 2 rings (SSSR count). The fourth-order valence-electron chi connectivity index (χ4n) is 2.12. The molecule has 2 aromatic carbocycles. The number of hydrogen-bond donors (Lipinski definition) is 1. The molecule has 0 unspecified atom stereocenters. The summed E-state index contributed by atoms with van der Waals surface area (Å²) < 4.78 is 28.7. The normalized spacial score (nSPS) is 10.2. The van der Waals surface area contributed by atoms with Crippen LogP contribution >= 0.6 is 11.6 Å². The van der Waals surface area contributed by atoms with E-state index in [0.717, 1.165) is 0 Å². The molecule has 0 atom stereocenters. The van der Waals surface area contributed by atoms with Crippen molar-refractivity contribution in [2.24, 2.45) is 0 Å². The summed E-state index contributed by atoms with van der Waals surface area (Å²) in [4.78, 5) is 23.4. The lowest BCUT2D eigenvalue weighted by Gasteiger charge is -2.09. The van der Waals surface area contributed by atoms with E-state index >= 15 is 0 Å². The zero-order valence-corrected chi connectivity index (χ0v) is 15.4. The van der Waals surface area contributed by atoms with Crippen LogP contribution in [-0.2, 0) is 20.7 Å². The summed E-state index contributed by atoms with van der Waals surface area (Å²) in [6.07, 6.45) is -0.145. The van der Waals surface area contributed by atoms with E-state index in [1.165, 1.54) is 19.2 Å². The van der Waals surface area contributed by atoms with Crippen LogP contribution in [0.15, 0.2) is 42.5 Å². The number of ether oxygens (including phenoxy) is 3. The van der Waals surface area contributed by atoms with Crippen molar-refractivity contribution in [1.82, 2.24) is 5.32 Å². The fraction of sp³-hybridized carbons (Fsp3) is 0.263. The Morgan fingerprint density at radius 3 is 2.56 bits per heavy atom. The highest BCUT2D eigenvalue weighted by atomic mass is 35.5. The van der Waals surface area contributed by atoms with Crippen molar-refractivity contribution in [3.63, 3.8) is 0 Å². The second-order valence-electron chi connectivity index (χ2n) is 5.46. The first-order valence-electron chi connectivity index (χ1n) is 8.11. The summed E-state index contributed by atoms with van der Waals surface area (Å²) >= 11 is 5.77. The Bertz CT molecular complexity index is 782. The van der Waals surface area contributed by atoms with Crippen LogP contribution in [0.5, 0.6) is 11.5 Å². The number of methoxy groups -OCH3 is 1. The third-order valence-electron chi connectivity index (χ3n) is 3.44. The minimum absolute atomic E-state index is 0.0901. The maximum absolute atomic E-state index is 13.6. The van der Waals surface area contributed by atoms with E-state index in [9.17, 15) is 14.0 Å². The SMILES string of the molecule is COc1ccc(CC(=O)OCC(=O)NCCOc2ccc(Cl)cc2)cc1F. The summed E-state index contributed by atoms with van der Waals surface area (Å²) in [5.41, 5.74) is 0.426. The number of esters is 1. The molecule has 0 heterocycles. The molecule has 0 bridgehead atoms. The van der Waals surface area contributed by atoms with E-state index < -0.39 is 24.3 Å². The van der Waals surface area contributed by atoms with Gasteiger partial charge in [0.05, 0.1) is 20.1 Å². The molecule has 2 aromatic rings. The number of hydrogen-bond acceptors (Lipinski definition) is 5. The van der Waals surface area contributed by atoms with E-state index in [4.69, 9.17) is 25.8 Å². The van der Waals surface area contributed by atoms with Gasteiger partial charge in [0, 0.05) is 5.02 Å². The molecule has 0 saturated heterocycles. The van der Waals surface area contributed by atoms with Gasteiger partial charge in [0.1, 0.15) is 12.4 Å². The number of benzene rings is 2.